The van der Waals surface area contributed by atoms with Crippen LogP contribution in [0.2, 0.25) is 0 Å². The van der Waals surface area contributed by atoms with Crippen LogP contribution in [0.3, 0.4) is 0 Å². The zero-order valence-corrected chi connectivity index (χ0v) is 13.4. The van der Waals surface area contributed by atoms with E-state index >= 15 is 0 Å². The number of aromatic nitrogens is 2. The van der Waals surface area contributed by atoms with Crippen molar-refractivity contribution >= 4 is 12.6 Å². The van der Waals surface area contributed by atoms with Crippen LogP contribution in [0.5, 0.6) is 5.75 Å². The molecule has 1 fully saturated rings. The van der Waals surface area contributed by atoms with E-state index in [9.17, 15) is 0 Å². The lowest BCUT2D eigenvalue weighted by Gasteiger charge is -2.32. The fourth-order valence-corrected chi connectivity index (χ4v) is 2.23. The minimum Gasteiger partial charge on any atom is -0.487 e. The van der Waals surface area contributed by atoms with Gasteiger partial charge in [-0.3, -0.25) is 5.10 Å². The Balaban J connectivity index is 1.65. The van der Waals surface area contributed by atoms with Gasteiger partial charge < -0.3 is 14.0 Å². The monoisotopic (exact) mass is 300 g/mol. The van der Waals surface area contributed by atoms with Gasteiger partial charge in [-0.25, -0.2) is 0 Å². The normalized spacial score (nSPS) is 19.4. The van der Waals surface area contributed by atoms with Gasteiger partial charge >= 0.3 is 7.12 Å². The van der Waals surface area contributed by atoms with E-state index in [-0.39, 0.29) is 18.3 Å². The Morgan fingerprint density at radius 2 is 1.68 bits per heavy atom. The highest BCUT2D eigenvalue weighted by atomic mass is 16.7. The van der Waals surface area contributed by atoms with Crippen LogP contribution in [0.1, 0.15) is 33.4 Å². The Bertz CT molecular complexity index is 607. The molecule has 0 unspecified atom stereocenters. The number of H-pyrrole nitrogens is 1. The molecule has 1 N–H and O–H groups in total. The predicted molar refractivity (Wildman–Crippen MR) is 85.1 cm³/mol. The maximum atomic E-state index is 6.03. The number of nitrogens with zero attached hydrogens (tertiary/aromatic N) is 1. The maximum Gasteiger partial charge on any atom is 0.494 e. The molecule has 116 valence electrons. The molecule has 0 amide bonds. The summed E-state index contributed by atoms with van der Waals surface area (Å²) in [5.74, 6) is 0.801. The van der Waals surface area contributed by atoms with Crippen LogP contribution >= 0.6 is 0 Å². The van der Waals surface area contributed by atoms with Crippen molar-refractivity contribution in [3.63, 3.8) is 0 Å². The number of hydrogen-bond acceptors (Lipinski definition) is 4. The lowest BCUT2D eigenvalue weighted by molar-refractivity contribution is 0.00578. The van der Waals surface area contributed by atoms with Gasteiger partial charge in [-0.15, -0.1) is 0 Å². The zero-order chi connectivity index (χ0) is 15.8. The van der Waals surface area contributed by atoms with E-state index in [1.807, 2.05) is 30.3 Å². The van der Waals surface area contributed by atoms with Crippen molar-refractivity contribution in [1.82, 2.24) is 10.2 Å². The SMILES string of the molecule is CC1(C)OB(c2ccc(OCc3ccn[nH]3)cc2)OC1(C)C. The second kappa shape index (κ2) is 5.45. The smallest absolute Gasteiger partial charge is 0.487 e. The Kier molecular flexibility index (Phi) is 3.74. The molecular weight excluding hydrogens is 279 g/mol. The fraction of sp³-hybridized carbons (Fsp3) is 0.438. The van der Waals surface area contributed by atoms with Gasteiger partial charge in [-0.2, -0.15) is 5.10 Å². The average Bonchev–Trinajstić information content (AvgIpc) is 3.04. The van der Waals surface area contributed by atoms with Crippen molar-refractivity contribution < 1.29 is 14.0 Å². The lowest BCUT2D eigenvalue weighted by Crippen LogP contribution is -2.41. The number of rotatable bonds is 4. The summed E-state index contributed by atoms with van der Waals surface area (Å²) in [4.78, 5) is 0. The molecular formula is C16H21BN2O3. The van der Waals surface area contributed by atoms with Gasteiger partial charge in [-0.05, 0) is 51.4 Å². The largest absolute Gasteiger partial charge is 0.494 e. The Morgan fingerprint density at radius 3 is 2.23 bits per heavy atom. The van der Waals surface area contributed by atoms with E-state index in [0.717, 1.165) is 16.9 Å². The van der Waals surface area contributed by atoms with Gasteiger partial charge in [0.05, 0.1) is 16.9 Å². The first-order valence-electron chi connectivity index (χ1n) is 7.44. The number of benzene rings is 1. The van der Waals surface area contributed by atoms with Gasteiger partial charge in [0, 0.05) is 6.20 Å². The summed E-state index contributed by atoms with van der Waals surface area (Å²) in [6.45, 7) is 8.67. The van der Waals surface area contributed by atoms with E-state index in [1.165, 1.54) is 0 Å². The summed E-state index contributed by atoms with van der Waals surface area (Å²) in [5.41, 5.74) is 1.28. The molecule has 0 bridgehead atoms. The molecule has 6 heteroatoms. The number of nitrogens with one attached hydrogen (secondary N) is 1. The van der Waals surface area contributed by atoms with Crippen molar-refractivity contribution in [2.24, 2.45) is 0 Å². The molecule has 5 nitrogen and oxygen atoms in total. The van der Waals surface area contributed by atoms with E-state index in [4.69, 9.17) is 14.0 Å². The number of aromatic amines is 1. The summed E-state index contributed by atoms with van der Waals surface area (Å²) >= 11 is 0. The predicted octanol–water partition coefficient (Wildman–Crippen LogP) is 2.29. The number of ether oxygens (including phenoxy) is 1. The van der Waals surface area contributed by atoms with Crippen molar-refractivity contribution in [3.8, 4) is 5.75 Å². The second-order valence-corrected chi connectivity index (χ2v) is 6.53. The van der Waals surface area contributed by atoms with Crippen molar-refractivity contribution in [1.29, 1.82) is 0 Å². The molecule has 0 atom stereocenters. The third kappa shape index (κ3) is 2.89. The topological polar surface area (TPSA) is 56.4 Å². The molecule has 22 heavy (non-hydrogen) atoms. The standard InChI is InChI=1S/C16H21BN2O3/c1-15(2)16(3,4)22-17(21-15)12-5-7-14(8-6-12)20-11-13-9-10-18-19-13/h5-10H,11H2,1-4H3,(H,18,19). The van der Waals surface area contributed by atoms with Gasteiger partial charge in [0.1, 0.15) is 12.4 Å². The maximum absolute atomic E-state index is 6.03. The Labute approximate surface area is 131 Å². The quantitative estimate of drug-likeness (QED) is 0.880. The minimum absolute atomic E-state index is 0.326. The van der Waals surface area contributed by atoms with Crippen molar-refractivity contribution in [2.75, 3.05) is 0 Å². The lowest BCUT2D eigenvalue weighted by atomic mass is 9.79. The first-order valence-corrected chi connectivity index (χ1v) is 7.44. The second-order valence-electron chi connectivity index (χ2n) is 6.53. The van der Waals surface area contributed by atoms with E-state index in [2.05, 4.69) is 37.9 Å². The van der Waals surface area contributed by atoms with Crippen LogP contribution < -0.4 is 10.2 Å². The molecule has 1 aliphatic rings. The summed E-state index contributed by atoms with van der Waals surface area (Å²) < 4.78 is 17.8. The molecule has 0 spiro atoms. The molecule has 0 radical (unpaired) electrons. The highest BCUT2D eigenvalue weighted by Crippen LogP contribution is 2.36. The molecule has 3 rings (SSSR count). The third-order valence-electron chi connectivity index (χ3n) is 4.36. The third-order valence-corrected chi connectivity index (χ3v) is 4.36. The van der Waals surface area contributed by atoms with E-state index < -0.39 is 0 Å². The van der Waals surface area contributed by atoms with Crippen molar-refractivity contribution in [2.45, 2.75) is 45.5 Å². The van der Waals surface area contributed by atoms with Crippen molar-refractivity contribution in [3.05, 3.63) is 42.2 Å². The summed E-state index contributed by atoms with van der Waals surface area (Å²) in [6, 6.07) is 9.70. The summed E-state index contributed by atoms with van der Waals surface area (Å²) in [7, 11) is -0.341. The van der Waals surface area contributed by atoms with Crippen LogP contribution in [0.4, 0.5) is 0 Å². The first kappa shape index (κ1) is 15.1. The highest BCUT2D eigenvalue weighted by molar-refractivity contribution is 6.62. The first-order chi connectivity index (χ1) is 10.4. The molecule has 1 aliphatic heterocycles. The van der Waals surface area contributed by atoms with Crippen LogP contribution in [-0.4, -0.2) is 28.5 Å². The number of hydrogen-bond donors (Lipinski definition) is 1. The van der Waals surface area contributed by atoms with Gasteiger partial charge in [0.25, 0.3) is 0 Å². The van der Waals surface area contributed by atoms with Crippen LogP contribution in [0, 0.1) is 0 Å². The fourth-order valence-electron chi connectivity index (χ4n) is 2.23. The highest BCUT2D eigenvalue weighted by Gasteiger charge is 2.51. The summed E-state index contributed by atoms with van der Waals surface area (Å²) in [6.07, 6.45) is 1.71. The molecule has 1 aromatic carbocycles. The van der Waals surface area contributed by atoms with Crippen LogP contribution in [0.25, 0.3) is 0 Å². The Hall–Kier alpha value is -1.79. The van der Waals surface area contributed by atoms with Gasteiger partial charge in [-0.1, -0.05) is 12.1 Å². The molecule has 2 aromatic rings. The van der Waals surface area contributed by atoms with Gasteiger partial charge in [0.15, 0.2) is 0 Å². The average molecular weight is 300 g/mol. The molecule has 0 aliphatic carbocycles. The Morgan fingerprint density at radius 1 is 1.05 bits per heavy atom. The molecule has 0 saturated carbocycles. The minimum atomic E-state index is -0.341. The van der Waals surface area contributed by atoms with Crippen LogP contribution in [0.15, 0.2) is 36.5 Å². The molecule has 1 saturated heterocycles. The van der Waals surface area contributed by atoms with E-state index in [0.29, 0.717) is 6.61 Å². The zero-order valence-electron chi connectivity index (χ0n) is 13.4. The van der Waals surface area contributed by atoms with E-state index in [1.54, 1.807) is 6.20 Å². The van der Waals surface area contributed by atoms with Gasteiger partial charge in [0.2, 0.25) is 0 Å². The molecule has 1 aromatic heterocycles. The molecule has 2 heterocycles. The van der Waals surface area contributed by atoms with Crippen LogP contribution in [-0.2, 0) is 15.9 Å². The summed E-state index contributed by atoms with van der Waals surface area (Å²) in [5, 5.41) is 6.76.